The van der Waals surface area contributed by atoms with E-state index < -0.39 is 12.1 Å². The molecule has 1 aliphatic heterocycles. The fraction of sp³-hybridized carbons (Fsp3) is 0.833. The topological polar surface area (TPSA) is 58.6 Å². The highest BCUT2D eigenvalue weighted by molar-refractivity contribution is 5.86. The first-order valence-electron chi connectivity index (χ1n) is 6.19. The van der Waals surface area contributed by atoms with Crippen molar-refractivity contribution in [1.82, 2.24) is 10.2 Å². The highest BCUT2D eigenvalue weighted by atomic mass is 16.5. The van der Waals surface area contributed by atoms with Gasteiger partial charge in [-0.05, 0) is 25.2 Å². The summed E-state index contributed by atoms with van der Waals surface area (Å²) in [5.74, 6) is 0.0635. The van der Waals surface area contributed by atoms with Gasteiger partial charge in [0.15, 0.2) is 0 Å². The fourth-order valence-electron chi connectivity index (χ4n) is 2.01. The van der Waals surface area contributed by atoms with E-state index >= 15 is 0 Å². The van der Waals surface area contributed by atoms with Crippen LogP contribution in [0.2, 0.25) is 0 Å². The lowest BCUT2D eigenvalue weighted by Crippen LogP contribution is -2.52. The van der Waals surface area contributed by atoms with E-state index in [9.17, 15) is 9.59 Å². The van der Waals surface area contributed by atoms with Crippen molar-refractivity contribution in [3.8, 4) is 0 Å². The third kappa shape index (κ3) is 3.91. The molecular formula is C12H22N2O3. The highest BCUT2D eigenvalue weighted by Crippen LogP contribution is 2.13. The van der Waals surface area contributed by atoms with Crippen LogP contribution in [0.15, 0.2) is 0 Å². The van der Waals surface area contributed by atoms with Gasteiger partial charge in [0.05, 0.1) is 7.11 Å². The van der Waals surface area contributed by atoms with Crippen LogP contribution >= 0.6 is 0 Å². The van der Waals surface area contributed by atoms with E-state index in [1.165, 1.54) is 13.5 Å². The minimum absolute atomic E-state index is 0.00472. The van der Waals surface area contributed by atoms with Crippen molar-refractivity contribution < 1.29 is 14.3 Å². The van der Waals surface area contributed by atoms with Crippen molar-refractivity contribution in [2.75, 3.05) is 20.2 Å². The Kier molecular flexibility index (Phi) is 5.25. The lowest BCUT2D eigenvalue weighted by atomic mass is 10.0. The lowest BCUT2D eigenvalue weighted by molar-refractivity contribution is -0.135. The van der Waals surface area contributed by atoms with E-state index in [2.05, 4.69) is 10.1 Å². The number of amides is 2. The Balaban J connectivity index is 2.62. The predicted molar refractivity (Wildman–Crippen MR) is 64.6 cm³/mol. The van der Waals surface area contributed by atoms with E-state index in [0.717, 1.165) is 25.9 Å². The smallest absolute Gasteiger partial charge is 0.407 e. The number of carbonyl (C=O) groups is 2. The number of rotatable bonds is 3. The number of methoxy groups -OCH3 is 1. The average molecular weight is 242 g/mol. The first kappa shape index (κ1) is 13.8. The summed E-state index contributed by atoms with van der Waals surface area (Å²) in [4.78, 5) is 25.3. The molecule has 1 heterocycles. The van der Waals surface area contributed by atoms with Gasteiger partial charge in [-0.2, -0.15) is 0 Å². The molecule has 1 N–H and O–H groups in total. The van der Waals surface area contributed by atoms with E-state index in [4.69, 9.17) is 0 Å². The van der Waals surface area contributed by atoms with Gasteiger partial charge in [-0.15, -0.1) is 0 Å². The highest BCUT2D eigenvalue weighted by Gasteiger charge is 2.29. The summed E-state index contributed by atoms with van der Waals surface area (Å²) in [5, 5.41) is 2.61. The van der Waals surface area contributed by atoms with Crippen molar-refractivity contribution in [2.45, 2.75) is 39.2 Å². The fourth-order valence-corrected chi connectivity index (χ4v) is 2.01. The van der Waals surface area contributed by atoms with Crippen LogP contribution in [-0.2, 0) is 9.53 Å². The zero-order valence-corrected chi connectivity index (χ0v) is 10.9. The second kappa shape index (κ2) is 6.47. The van der Waals surface area contributed by atoms with Gasteiger partial charge in [0, 0.05) is 13.1 Å². The van der Waals surface area contributed by atoms with Crippen molar-refractivity contribution >= 4 is 12.0 Å². The Morgan fingerprint density at radius 1 is 1.18 bits per heavy atom. The van der Waals surface area contributed by atoms with E-state index in [-0.39, 0.29) is 11.8 Å². The lowest BCUT2D eigenvalue weighted by Gasteiger charge is -2.32. The van der Waals surface area contributed by atoms with Crippen LogP contribution in [0, 0.1) is 5.92 Å². The molecular weight excluding hydrogens is 220 g/mol. The van der Waals surface area contributed by atoms with Crippen LogP contribution in [0.1, 0.15) is 33.1 Å². The molecule has 1 unspecified atom stereocenters. The number of hydrogen-bond acceptors (Lipinski definition) is 3. The molecule has 5 heteroatoms. The summed E-state index contributed by atoms with van der Waals surface area (Å²) >= 11 is 0. The Bertz CT molecular complexity index is 273. The second-order valence-electron chi connectivity index (χ2n) is 4.74. The van der Waals surface area contributed by atoms with Crippen molar-refractivity contribution in [1.29, 1.82) is 0 Å². The van der Waals surface area contributed by atoms with Gasteiger partial charge in [0.2, 0.25) is 5.91 Å². The third-order valence-corrected chi connectivity index (χ3v) is 3.06. The zero-order valence-electron chi connectivity index (χ0n) is 10.9. The zero-order chi connectivity index (χ0) is 12.8. The predicted octanol–water partition coefficient (Wildman–Crippen LogP) is 1.38. The molecule has 98 valence electrons. The standard InChI is InChI=1S/C12H22N2O3/c1-9(2)10(13-12(16)17-3)11(15)14-7-5-4-6-8-14/h9-10H,4-8H2,1-3H3,(H,13,16). The Labute approximate surface area is 102 Å². The van der Waals surface area contributed by atoms with Gasteiger partial charge in [-0.3, -0.25) is 4.79 Å². The number of likely N-dealkylation sites (tertiary alicyclic amines) is 1. The Morgan fingerprint density at radius 3 is 2.24 bits per heavy atom. The van der Waals surface area contributed by atoms with Crippen LogP contribution in [-0.4, -0.2) is 43.1 Å². The number of carbonyl (C=O) groups excluding carboxylic acids is 2. The summed E-state index contributed by atoms with van der Waals surface area (Å²) in [5.41, 5.74) is 0. The molecule has 2 amide bonds. The molecule has 0 aromatic heterocycles. The van der Waals surface area contributed by atoms with Crippen molar-refractivity contribution in [2.24, 2.45) is 5.92 Å². The van der Waals surface area contributed by atoms with E-state index in [1.54, 1.807) is 0 Å². The average Bonchev–Trinajstić information content (AvgIpc) is 2.35. The molecule has 1 atom stereocenters. The molecule has 0 aromatic rings. The van der Waals surface area contributed by atoms with E-state index in [1.807, 2.05) is 18.7 Å². The summed E-state index contributed by atoms with van der Waals surface area (Å²) in [6.45, 7) is 5.43. The Morgan fingerprint density at radius 2 is 1.76 bits per heavy atom. The monoisotopic (exact) mass is 242 g/mol. The molecule has 5 nitrogen and oxygen atoms in total. The molecule has 0 spiro atoms. The number of piperidine rings is 1. The van der Waals surface area contributed by atoms with Gasteiger partial charge in [-0.1, -0.05) is 13.8 Å². The molecule has 0 aromatic carbocycles. The molecule has 0 aliphatic carbocycles. The molecule has 0 bridgehead atoms. The number of hydrogen-bond donors (Lipinski definition) is 1. The molecule has 1 rings (SSSR count). The minimum Gasteiger partial charge on any atom is -0.453 e. The molecule has 0 saturated carbocycles. The summed E-state index contributed by atoms with van der Waals surface area (Å²) in [6.07, 6.45) is 2.73. The largest absolute Gasteiger partial charge is 0.453 e. The van der Waals surface area contributed by atoms with Crippen LogP contribution in [0.4, 0.5) is 4.79 Å². The normalized spacial score (nSPS) is 17.8. The third-order valence-electron chi connectivity index (χ3n) is 3.06. The van der Waals surface area contributed by atoms with Gasteiger partial charge >= 0.3 is 6.09 Å². The van der Waals surface area contributed by atoms with Gasteiger partial charge in [-0.25, -0.2) is 4.79 Å². The number of ether oxygens (including phenoxy) is 1. The van der Waals surface area contributed by atoms with Crippen LogP contribution < -0.4 is 5.32 Å². The minimum atomic E-state index is -0.547. The SMILES string of the molecule is COC(=O)NC(C(=O)N1CCCCC1)C(C)C. The van der Waals surface area contributed by atoms with Gasteiger partial charge in [0.25, 0.3) is 0 Å². The summed E-state index contributed by atoms with van der Waals surface area (Å²) < 4.78 is 4.55. The first-order chi connectivity index (χ1) is 8.06. The first-order valence-corrected chi connectivity index (χ1v) is 6.19. The molecule has 0 radical (unpaired) electrons. The number of nitrogens with one attached hydrogen (secondary N) is 1. The second-order valence-corrected chi connectivity index (χ2v) is 4.74. The maximum atomic E-state index is 12.2. The molecule has 17 heavy (non-hydrogen) atoms. The van der Waals surface area contributed by atoms with Crippen LogP contribution in [0.25, 0.3) is 0 Å². The summed E-state index contributed by atoms with van der Waals surface area (Å²) in [7, 11) is 1.30. The maximum absolute atomic E-state index is 12.2. The van der Waals surface area contributed by atoms with Crippen LogP contribution in [0.5, 0.6) is 0 Å². The number of nitrogens with zero attached hydrogens (tertiary/aromatic N) is 1. The molecule has 1 fully saturated rings. The van der Waals surface area contributed by atoms with Gasteiger partial charge < -0.3 is 15.0 Å². The van der Waals surface area contributed by atoms with Crippen LogP contribution in [0.3, 0.4) is 0 Å². The van der Waals surface area contributed by atoms with Crippen molar-refractivity contribution in [3.63, 3.8) is 0 Å². The molecule has 1 saturated heterocycles. The number of alkyl carbamates (subject to hydrolysis) is 1. The van der Waals surface area contributed by atoms with E-state index in [0.29, 0.717) is 0 Å². The maximum Gasteiger partial charge on any atom is 0.407 e. The van der Waals surface area contributed by atoms with Gasteiger partial charge in [0.1, 0.15) is 6.04 Å². The quantitative estimate of drug-likeness (QED) is 0.813. The van der Waals surface area contributed by atoms with Crippen molar-refractivity contribution in [3.05, 3.63) is 0 Å². The summed E-state index contributed by atoms with van der Waals surface area (Å²) in [6, 6.07) is -0.486. The molecule has 1 aliphatic rings. The Hall–Kier alpha value is -1.26.